The van der Waals surface area contributed by atoms with Crippen LogP contribution in [0.2, 0.25) is 0 Å². The van der Waals surface area contributed by atoms with Gasteiger partial charge in [-0.1, -0.05) is 0 Å². The molecular weight excluding hydrogens is 344 g/mol. The van der Waals surface area contributed by atoms with Crippen LogP contribution in [0.4, 0.5) is 5.95 Å². The second kappa shape index (κ2) is 7.66. The highest BCUT2D eigenvalue weighted by Gasteiger charge is 2.20. The van der Waals surface area contributed by atoms with Gasteiger partial charge in [0.15, 0.2) is 0 Å². The number of nitrogens with one attached hydrogen (secondary N) is 1. The average molecular weight is 366 g/mol. The molecule has 0 bridgehead atoms. The molecule has 8 nitrogen and oxygen atoms in total. The molecule has 0 aliphatic rings. The Morgan fingerprint density at radius 1 is 1.12 bits per heavy atom. The second-order valence-corrected chi connectivity index (χ2v) is 7.27. The van der Waals surface area contributed by atoms with E-state index < -0.39 is 10.0 Å². The second-order valence-electron chi connectivity index (χ2n) is 5.54. The minimum atomic E-state index is -3.78. The van der Waals surface area contributed by atoms with E-state index in [1.54, 1.807) is 17.0 Å². The summed E-state index contributed by atoms with van der Waals surface area (Å²) < 4.78 is 38.0. The van der Waals surface area contributed by atoms with E-state index in [0.29, 0.717) is 17.4 Å². The van der Waals surface area contributed by atoms with Crippen molar-refractivity contribution in [3.8, 4) is 11.5 Å². The van der Waals surface area contributed by atoms with Gasteiger partial charge >= 0.3 is 0 Å². The van der Waals surface area contributed by atoms with Gasteiger partial charge in [0.25, 0.3) is 0 Å². The fourth-order valence-corrected chi connectivity index (χ4v) is 3.30. The first-order valence-electron chi connectivity index (χ1n) is 7.50. The molecule has 1 heterocycles. The predicted octanol–water partition coefficient (Wildman–Crippen LogP) is 1.35. The van der Waals surface area contributed by atoms with Crippen molar-refractivity contribution < 1.29 is 17.9 Å². The van der Waals surface area contributed by atoms with Crippen molar-refractivity contribution >= 4 is 16.0 Å². The van der Waals surface area contributed by atoms with Crippen LogP contribution >= 0.6 is 0 Å². The molecule has 0 radical (unpaired) electrons. The van der Waals surface area contributed by atoms with Crippen molar-refractivity contribution in [2.24, 2.45) is 0 Å². The van der Waals surface area contributed by atoms with E-state index in [4.69, 9.17) is 9.47 Å². The zero-order chi connectivity index (χ0) is 18.6. The highest BCUT2D eigenvalue weighted by atomic mass is 32.2. The first-order valence-corrected chi connectivity index (χ1v) is 8.98. The SMILES string of the molecule is COc1ccc(S(=O)(=O)NCc2cc(C)nc(N(C)C)n2)c(OC)c1. The molecule has 136 valence electrons. The van der Waals surface area contributed by atoms with E-state index in [2.05, 4.69) is 14.7 Å². The Morgan fingerprint density at radius 2 is 1.84 bits per heavy atom. The number of aryl methyl sites for hydroxylation is 1. The van der Waals surface area contributed by atoms with E-state index in [1.807, 2.05) is 21.0 Å². The monoisotopic (exact) mass is 366 g/mol. The number of aromatic nitrogens is 2. The Morgan fingerprint density at radius 3 is 2.44 bits per heavy atom. The minimum absolute atomic E-state index is 0.0365. The van der Waals surface area contributed by atoms with Crippen LogP contribution in [0.25, 0.3) is 0 Å². The van der Waals surface area contributed by atoms with Gasteiger partial charge in [0.1, 0.15) is 16.4 Å². The third-order valence-corrected chi connectivity index (χ3v) is 4.84. The molecule has 1 aromatic carbocycles. The highest BCUT2D eigenvalue weighted by Crippen LogP contribution is 2.28. The molecule has 2 aromatic rings. The number of benzene rings is 1. The number of methoxy groups -OCH3 is 2. The summed E-state index contributed by atoms with van der Waals surface area (Å²) in [6, 6.07) is 6.26. The van der Waals surface area contributed by atoms with Gasteiger partial charge in [0, 0.05) is 25.9 Å². The molecule has 0 unspecified atom stereocenters. The highest BCUT2D eigenvalue weighted by molar-refractivity contribution is 7.89. The van der Waals surface area contributed by atoms with Gasteiger partial charge in [-0.25, -0.2) is 23.1 Å². The normalized spacial score (nSPS) is 11.2. The van der Waals surface area contributed by atoms with E-state index in [9.17, 15) is 8.42 Å². The summed E-state index contributed by atoms with van der Waals surface area (Å²) in [4.78, 5) is 10.4. The van der Waals surface area contributed by atoms with Crippen molar-refractivity contribution in [1.82, 2.24) is 14.7 Å². The van der Waals surface area contributed by atoms with Gasteiger partial charge < -0.3 is 14.4 Å². The summed E-state index contributed by atoms with van der Waals surface area (Å²) in [6.07, 6.45) is 0. The van der Waals surface area contributed by atoms with Crippen LogP contribution in [0.5, 0.6) is 11.5 Å². The van der Waals surface area contributed by atoms with E-state index in [-0.39, 0.29) is 17.2 Å². The lowest BCUT2D eigenvalue weighted by atomic mass is 10.3. The van der Waals surface area contributed by atoms with Crippen molar-refractivity contribution in [2.45, 2.75) is 18.4 Å². The maximum absolute atomic E-state index is 12.6. The van der Waals surface area contributed by atoms with Crippen molar-refractivity contribution in [3.63, 3.8) is 0 Å². The number of hydrogen-bond donors (Lipinski definition) is 1. The van der Waals surface area contributed by atoms with Crippen LogP contribution in [0, 0.1) is 6.92 Å². The molecule has 25 heavy (non-hydrogen) atoms. The molecule has 0 fully saturated rings. The number of sulfonamides is 1. The zero-order valence-electron chi connectivity index (χ0n) is 14.9. The molecule has 0 atom stereocenters. The van der Waals surface area contributed by atoms with Crippen LogP contribution in [0.15, 0.2) is 29.2 Å². The molecule has 1 aromatic heterocycles. The van der Waals surface area contributed by atoms with Crippen LogP contribution in [0.1, 0.15) is 11.4 Å². The quantitative estimate of drug-likeness (QED) is 0.790. The van der Waals surface area contributed by atoms with Crippen LogP contribution in [0.3, 0.4) is 0 Å². The lowest BCUT2D eigenvalue weighted by molar-refractivity contribution is 0.386. The van der Waals surface area contributed by atoms with Crippen molar-refractivity contribution in [3.05, 3.63) is 35.7 Å². The van der Waals surface area contributed by atoms with E-state index in [0.717, 1.165) is 5.69 Å². The fraction of sp³-hybridized carbons (Fsp3) is 0.375. The van der Waals surface area contributed by atoms with Crippen molar-refractivity contribution in [1.29, 1.82) is 0 Å². The Labute approximate surface area is 147 Å². The largest absolute Gasteiger partial charge is 0.497 e. The molecule has 2 rings (SSSR count). The van der Waals surface area contributed by atoms with Gasteiger partial charge in [-0.3, -0.25) is 0 Å². The smallest absolute Gasteiger partial charge is 0.244 e. The Hall–Kier alpha value is -2.39. The number of anilines is 1. The van der Waals surface area contributed by atoms with Gasteiger partial charge in [0.2, 0.25) is 16.0 Å². The first-order chi connectivity index (χ1) is 11.8. The Balaban J connectivity index is 2.25. The molecular formula is C16H22N4O4S. The Kier molecular flexibility index (Phi) is 5.81. The predicted molar refractivity (Wildman–Crippen MR) is 94.7 cm³/mol. The molecule has 0 saturated carbocycles. The molecule has 0 aliphatic heterocycles. The summed E-state index contributed by atoms with van der Waals surface area (Å²) in [6.45, 7) is 1.88. The number of hydrogen-bond acceptors (Lipinski definition) is 7. The van der Waals surface area contributed by atoms with Gasteiger partial charge in [-0.15, -0.1) is 0 Å². The lowest BCUT2D eigenvalue weighted by Gasteiger charge is -2.14. The topological polar surface area (TPSA) is 93.7 Å². The maximum atomic E-state index is 12.6. The Bertz CT molecular complexity index is 853. The van der Waals surface area contributed by atoms with Gasteiger partial charge in [-0.05, 0) is 25.1 Å². The fourth-order valence-electron chi connectivity index (χ4n) is 2.15. The summed E-state index contributed by atoms with van der Waals surface area (Å²) in [5.41, 5.74) is 1.34. The summed E-state index contributed by atoms with van der Waals surface area (Å²) in [7, 11) is 2.78. The van der Waals surface area contributed by atoms with Gasteiger partial charge in [0.05, 0.1) is 26.5 Å². The van der Waals surface area contributed by atoms with Crippen LogP contribution in [-0.4, -0.2) is 46.7 Å². The standard InChI is InChI=1S/C16H22N4O4S/c1-11-8-12(19-16(18-11)20(2)3)10-17-25(21,22)15-7-6-13(23-4)9-14(15)24-5/h6-9,17H,10H2,1-5H3. The van der Waals surface area contributed by atoms with Crippen LogP contribution < -0.4 is 19.1 Å². The molecule has 0 saturated heterocycles. The first kappa shape index (κ1) is 18.9. The third kappa shape index (κ3) is 4.58. The molecule has 1 N–H and O–H groups in total. The molecule has 0 aliphatic carbocycles. The average Bonchev–Trinajstić information content (AvgIpc) is 2.58. The number of nitrogens with zero attached hydrogens (tertiary/aromatic N) is 3. The summed E-state index contributed by atoms with van der Waals surface area (Å²) in [5.74, 6) is 1.24. The number of rotatable bonds is 7. The third-order valence-electron chi connectivity index (χ3n) is 3.40. The lowest BCUT2D eigenvalue weighted by Crippen LogP contribution is -2.25. The minimum Gasteiger partial charge on any atom is -0.497 e. The zero-order valence-corrected chi connectivity index (χ0v) is 15.7. The van der Waals surface area contributed by atoms with Gasteiger partial charge in [-0.2, -0.15) is 0 Å². The molecule has 0 amide bonds. The van der Waals surface area contributed by atoms with E-state index in [1.165, 1.54) is 26.4 Å². The summed E-state index contributed by atoms with van der Waals surface area (Å²) >= 11 is 0. The number of ether oxygens (including phenoxy) is 2. The van der Waals surface area contributed by atoms with Crippen molar-refractivity contribution in [2.75, 3.05) is 33.2 Å². The van der Waals surface area contributed by atoms with Crippen LogP contribution in [-0.2, 0) is 16.6 Å². The molecule has 9 heteroatoms. The summed E-state index contributed by atoms with van der Waals surface area (Å²) in [5, 5.41) is 0. The van der Waals surface area contributed by atoms with E-state index >= 15 is 0 Å². The maximum Gasteiger partial charge on any atom is 0.244 e. The molecule has 0 spiro atoms.